The molecule has 0 saturated carbocycles. The minimum atomic E-state index is -0.0177. The second-order valence-corrected chi connectivity index (χ2v) is 9.36. The number of rotatable bonds is 5. The average Bonchev–Trinajstić information content (AvgIpc) is 3.22. The van der Waals surface area contributed by atoms with Crippen LogP contribution in [-0.2, 0) is 17.8 Å². The van der Waals surface area contributed by atoms with Gasteiger partial charge in [-0.3, -0.25) is 9.48 Å². The lowest BCUT2D eigenvalue weighted by molar-refractivity contribution is -0.122. The Bertz CT molecular complexity index is 1060. The van der Waals surface area contributed by atoms with Gasteiger partial charge in [0.05, 0.1) is 29.3 Å². The third-order valence-corrected chi connectivity index (χ3v) is 5.95. The first-order valence-electron chi connectivity index (χ1n) is 10.7. The van der Waals surface area contributed by atoms with E-state index in [0.717, 1.165) is 35.5 Å². The van der Waals surface area contributed by atoms with Gasteiger partial charge in [0.15, 0.2) is 0 Å². The van der Waals surface area contributed by atoms with Crippen molar-refractivity contribution in [2.45, 2.75) is 66.5 Å². The monoisotopic (exact) mass is 405 g/mol. The van der Waals surface area contributed by atoms with Gasteiger partial charge in [-0.05, 0) is 57.2 Å². The van der Waals surface area contributed by atoms with Crippen molar-refractivity contribution in [3.8, 4) is 5.69 Å². The fraction of sp³-hybridized carbons (Fsp3) is 0.458. The molecular formula is C24H31N5O. The van der Waals surface area contributed by atoms with E-state index in [4.69, 9.17) is 0 Å². The molecular weight excluding hydrogens is 374 g/mol. The van der Waals surface area contributed by atoms with Crippen LogP contribution in [0.5, 0.6) is 0 Å². The lowest BCUT2D eigenvalue weighted by Gasteiger charge is -2.36. The van der Waals surface area contributed by atoms with Crippen LogP contribution in [-0.4, -0.2) is 25.5 Å². The number of hydrogen-bond acceptors (Lipinski definition) is 3. The van der Waals surface area contributed by atoms with Gasteiger partial charge in [-0.15, -0.1) is 0 Å². The molecule has 1 atom stereocenters. The van der Waals surface area contributed by atoms with Gasteiger partial charge in [-0.1, -0.05) is 31.5 Å². The van der Waals surface area contributed by atoms with Crippen molar-refractivity contribution in [3.05, 3.63) is 64.7 Å². The van der Waals surface area contributed by atoms with Crippen molar-refractivity contribution < 1.29 is 4.79 Å². The molecule has 6 nitrogen and oxygen atoms in total. The number of benzene rings is 1. The summed E-state index contributed by atoms with van der Waals surface area (Å²) >= 11 is 0. The highest BCUT2D eigenvalue weighted by molar-refractivity contribution is 5.76. The van der Waals surface area contributed by atoms with E-state index in [1.54, 1.807) is 0 Å². The summed E-state index contributed by atoms with van der Waals surface area (Å²) in [6, 6.07) is 10.4. The standard InChI is InChI=1S/C24H31N5O/c1-16-6-8-19(9-7-16)29-22-14-24(4,5)13-21(20(22)15-25-29)26-23(30)10-11-28-18(3)12-17(2)27-28/h6-9,12,15,21H,10-11,13-14H2,1-5H3,(H,26,30)/t21-/m0/s1. The summed E-state index contributed by atoms with van der Waals surface area (Å²) in [5.74, 6) is 0.0549. The molecule has 1 amide bonds. The van der Waals surface area contributed by atoms with Gasteiger partial charge in [-0.25, -0.2) is 4.68 Å². The number of nitrogens with one attached hydrogen (secondary N) is 1. The summed E-state index contributed by atoms with van der Waals surface area (Å²) in [6.07, 6.45) is 4.19. The normalized spacial score (nSPS) is 17.6. The Morgan fingerprint density at radius 1 is 1.20 bits per heavy atom. The number of aromatic nitrogens is 4. The van der Waals surface area contributed by atoms with E-state index < -0.39 is 0 Å². The fourth-order valence-corrected chi connectivity index (χ4v) is 4.45. The van der Waals surface area contributed by atoms with Crippen molar-refractivity contribution >= 4 is 5.91 Å². The lowest BCUT2D eigenvalue weighted by Crippen LogP contribution is -2.37. The molecule has 4 rings (SSSR count). The number of amides is 1. The van der Waals surface area contributed by atoms with Gasteiger partial charge in [-0.2, -0.15) is 10.2 Å². The molecule has 0 unspecified atom stereocenters. The van der Waals surface area contributed by atoms with Gasteiger partial charge in [0.2, 0.25) is 5.91 Å². The second kappa shape index (κ2) is 7.74. The van der Waals surface area contributed by atoms with Gasteiger partial charge >= 0.3 is 0 Å². The topological polar surface area (TPSA) is 64.7 Å². The molecule has 1 aliphatic carbocycles. The van der Waals surface area contributed by atoms with Crippen molar-refractivity contribution in [1.29, 1.82) is 0 Å². The molecule has 158 valence electrons. The smallest absolute Gasteiger partial charge is 0.222 e. The number of aryl methyl sites for hydroxylation is 4. The van der Waals surface area contributed by atoms with Crippen LogP contribution in [0.3, 0.4) is 0 Å². The molecule has 0 radical (unpaired) electrons. The second-order valence-electron chi connectivity index (χ2n) is 9.36. The van der Waals surface area contributed by atoms with Gasteiger partial charge in [0.25, 0.3) is 0 Å². The Kier molecular flexibility index (Phi) is 5.26. The number of nitrogens with zero attached hydrogens (tertiary/aromatic N) is 4. The van der Waals surface area contributed by atoms with Gasteiger partial charge in [0.1, 0.15) is 0 Å². The van der Waals surface area contributed by atoms with E-state index in [0.29, 0.717) is 13.0 Å². The summed E-state index contributed by atoms with van der Waals surface area (Å²) in [4.78, 5) is 12.8. The minimum absolute atomic E-state index is 0.0177. The predicted octanol–water partition coefficient (Wildman–Crippen LogP) is 4.21. The molecule has 6 heteroatoms. The highest BCUT2D eigenvalue weighted by Gasteiger charge is 2.36. The third-order valence-electron chi connectivity index (χ3n) is 5.95. The summed E-state index contributed by atoms with van der Waals surface area (Å²) in [6.45, 7) is 11.2. The van der Waals surface area contributed by atoms with Crippen molar-refractivity contribution in [2.75, 3.05) is 0 Å². The Morgan fingerprint density at radius 3 is 2.60 bits per heavy atom. The quantitative estimate of drug-likeness (QED) is 0.691. The number of carbonyl (C=O) groups is 1. The Balaban J connectivity index is 1.53. The number of fused-ring (bicyclic) bond motifs is 1. The van der Waals surface area contributed by atoms with Crippen molar-refractivity contribution in [1.82, 2.24) is 24.9 Å². The molecule has 0 fully saturated rings. The summed E-state index contributed by atoms with van der Waals surface area (Å²) in [5, 5.41) is 12.4. The maximum absolute atomic E-state index is 12.8. The van der Waals surface area contributed by atoms with Gasteiger partial charge in [0, 0.05) is 24.2 Å². The van der Waals surface area contributed by atoms with E-state index in [2.05, 4.69) is 60.6 Å². The average molecular weight is 406 g/mol. The van der Waals surface area contributed by atoms with Crippen LogP contribution in [0.15, 0.2) is 36.5 Å². The molecule has 3 aromatic rings. The molecule has 0 bridgehead atoms. The van der Waals surface area contributed by atoms with Crippen molar-refractivity contribution in [3.63, 3.8) is 0 Å². The summed E-state index contributed by atoms with van der Waals surface area (Å²) in [7, 11) is 0. The van der Waals surface area contributed by atoms with E-state index in [9.17, 15) is 4.79 Å². The van der Waals surface area contributed by atoms with E-state index in [1.165, 1.54) is 11.3 Å². The lowest BCUT2D eigenvalue weighted by atomic mass is 9.74. The molecule has 2 heterocycles. The van der Waals surface area contributed by atoms with Crippen LogP contribution in [0, 0.1) is 26.2 Å². The third kappa shape index (κ3) is 4.18. The van der Waals surface area contributed by atoms with Crippen LogP contribution < -0.4 is 5.32 Å². The Morgan fingerprint density at radius 2 is 1.93 bits per heavy atom. The maximum Gasteiger partial charge on any atom is 0.222 e. The fourth-order valence-electron chi connectivity index (χ4n) is 4.45. The molecule has 0 saturated heterocycles. The highest BCUT2D eigenvalue weighted by Crippen LogP contribution is 2.41. The minimum Gasteiger partial charge on any atom is -0.349 e. The zero-order chi connectivity index (χ0) is 21.5. The Labute approximate surface area is 178 Å². The summed E-state index contributed by atoms with van der Waals surface area (Å²) in [5.41, 5.74) is 6.77. The zero-order valence-electron chi connectivity index (χ0n) is 18.6. The first kappa shape index (κ1) is 20.4. The maximum atomic E-state index is 12.8. The van der Waals surface area contributed by atoms with Crippen LogP contribution in [0.25, 0.3) is 5.69 Å². The van der Waals surface area contributed by atoms with E-state index in [-0.39, 0.29) is 17.4 Å². The highest BCUT2D eigenvalue weighted by atomic mass is 16.1. The molecule has 0 spiro atoms. The first-order chi connectivity index (χ1) is 14.2. The summed E-state index contributed by atoms with van der Waals surface area (Å²) < 4.78 is 3.94. The van der Waals surface area contributed by atoms with E-state index >= 15 is 0 Å². The SMILES string of the molecule is Cc1ccc(-n2ncc3c2CC(C)(C)C[C@@H]3NC(=O)CCn2nc(C)cc2C)cc1. The molecule has 30 heavy (non-hydrogen) atoms. The largest absolute Gasteiger partial charge is 0.349 e. The molecule has 1 aromatic carbocycles. The molecule has 1 N–H and O–H groups in total. The first-order valence-corrected chi connectivity index (χ1v) is 10.7. The number of hydrogen-bond donors (Lipinski definition) is 1. The van der Waals surface area contributed by atoms with E-state index in [1.807, 2.05) is 35.5 Å². The Hall–Kier alpha value is -2.89. The van der Waals surface area contributed by atoms with Crippen LogP contribution in [0.2, 0.25) is 0 Å². The predicted molar refractivity (Wildman–Crippen MR) is 118 cm³/mol. The molecule has 2 aromatic heterocycles. The molecule has 1 aliphatic rings. The van der Waals surface area contributed by atoms with Crippen molar-refractivity contribution in [2.24, 2.45) is 5.41 Å². The van der Waals surface area contributed by atoms with Crippen LogP contribution in [0.4, 0.5) is 0 Å². The zero-order valence-corrected chi connectivity index (χ0v) is 18.6. The number of carbonyl (C=O) groups excluding carboxylic acids is 1. The molecule has 0 aliphatic heterocycles. The van der Waals surface area contributed by atoms with Crippen LogP contribution in [0.1, 0.15) is 60.9 Å². The van der Waals surface area contributed by atoms with Crippen LogP contribution >= 0.6 is 0 Å². The van der Waals surface area contributed by atoms with Gasteiger partial charge < -0.3 is 5.32 Å².